The number of primary amides is 1. The summed E-state index contributed by atoms with van der Waals surface area (Å²) in [7, 11) is 2.78. The Morgan fingerprint density at radius 1 is 1.18 bits per heavy atom. The van der Waals surface area contributed by atoms with Crippen LogP contribution < -0.4 is 15.8 Å². The second-order valence-corrected chi connectivity index (χ2v) is 5.95. The molecule has 0 fully saturated rings. The number of nitro groups is 1. The zero-order valence-corrected chi connectivity index (χ0v) is 15.5. The molecule has 2 amide bonds. The summed E-state index contributed by atoms with van der Waals surface area (Å²) in [6.45, 7) is 0. The third-order valence-corrected chi connectivity index (χ3v) is 4.13. The number of non-ortho nitro benzene ring substituents is 1. The van der Waals surface area contributed by atoms with Crippen LogP contribution >= 0.6 is 0 Å². The number of nitrogens with one attached hydrogen (secondary N) is 1. The van der Waals surface area contributed by atoms with Gasteiger partial charge < -0.3 is 20.5 Å². The third-order valence-electron chi connectivity index (χ3n) is 4.13. The predicted molar refractivity (Wildman–Crippen MR) is 101 cm³/mol. The van der Waals surface area contributed by atoms with Crippen LogP contribution in [0.25, 0.3) is 0 Å². The lowest BCUT2D eigenvalue weighted by Gasteiger charge is -2.21. The average molecular weight is 387 g/mol. The van der Waals surface area contributed by atoms with Crippen LogP contribution in [0.4, 0.5) is 5.69 Å². The smallest absolute Gasteiger partial charge is 0.269 e. The minimum Gasteiger partial charge on any atom is -0.496 e. The average Bonchev–Trinajstić information content (AvgIpc) is 2.68. The molecule has 9 nitrogen and oxygen atoms in total. The van der Waals surface area contributed by atoms with Gasteiger partial charge in [-0.15, -0.1) is 0 Å². The van der Waals surface area contributed by atoms with Gasteiger partial charge in [0.25, 0.3) is 11.6 Å². The van der Waals surface area contributed by atoms with Gasteiger partial charge in [0, 0.05) is 31.2 Å². The number of hydrogen-bond donors (Lipinski definition) is 2. The zero-order chi connectivity index (χ0) is 20.7. The summed E-state index contributed by atoms with van der Waals surface area (Å²) < 4.78 is 10.4. The second kappa shape index (κ2) is 9.47. The quantitative estimate of drug-likeness (QED) is 0.495. The lowest BCUT2D eigenvalue weighted by Crippen LogP contribution is -2.47. The topological polar surface area (TPSA) is 134 Å². The summed E-state index contributed by atoms with van der Waals surface area (Å²) in [6, 6.07) is 11.6. The van der Waals surface area contributed by atoms with Gasteiger partial charge in [-0.2, -0.15) is 0 Å². The lowest BCUT2D eigenvalue weighted by atomic mass is 10.0. The number of methoxy groups -OCH3 is 2. The minimum absolute atomic E-state index is 0.0723. The van der Waals surface area contributed by atoms with Gasteiger partial charge in [-0.05, 0) is 11.6 Å². The van der Waals surface area contributed by atoms with Crippen LogP contribution in [0.3, 0.4) is 0 Å². The lowest BCUT2D eigenvalue weighted by molar-refractivity contribution is -0.384. The zero-order valence-electron chi connectivity index (χ0n) is 15.5. The van der Waals surface area contributed by atoms with Gasteiger partial charge in [0.05, 0.1) is 12.0 Å². The molecular weight excluding hydrogens is 366 g/mol. The maximum absolute atomic E-state index is 12.6. The summed E-state index contributed by atoms with van der Waals surface area (Å²) >= 11 is 0. The highest BCUT2D eigenvalue weighted by atomic mass is 16.6. The number of nitrogens with two attached hydrogens (primary N) is 1. The number of hydrogen-bond acceptors (Lipinski definition) is 6. The van der Waals surface area contributed by atoms with Crippen LogP contribution in [0, 0.1) is 10.1 Å². The number of amides is 2. The number of carbonyl (C=O) groups excluding carboxylic acids is 2. The molecule has 0 aliphatic heterocycles. The number of ether oxygens (including phenoxy) is 2. The van der Waals surface area contributed by atoms with Crippen molar-refractivity contribution in [2.24, 2.45) is 5.73 Å². The Bertz CT molecular complexity index is 856. The van der Waals surface area contributed by atoms with E-state index in [0.29, 0.717) is 16.9 Å². The van der Waals surface area contributed by atoms with Crippen molar-refractivity contribution in [3.63, 3.8) is 0 Å². The van der Waals surface area contributed by atoms with Crippen molar-refractivity contribution in [1.29, 1.82) is 0 Å². The van der Waals surface area contributed by atoms with Gasteiger partial charge in [-0.25, -0.2) is 0 Å². The van der Waals surface area contributed by atoms with Crippen molar-refractivity contribution in [2.75, 3.05) is 14.2 Å². The van der Waals surface area contributed by atoms with Crippen LogP contribution in [0.15, 0.2) is 48.5 Å². The van der Waals surface area contributed by atoms with Crippen LogP contribution in [-0.4, -0.2) is 37.0 Å². The SMILES string of the molecule is COc1ccc([N+](=O)[O-])cc1C[C@H](NC(=O)[C@H](OC)c1ccccc1)C(N)=O. The molecule has 0 bridgehead atoms. The first-order valence-electron chi connectivity index (χ1n) is 8.36. The molecule has 9 heteroatoms. The van der Waals surface area contributed by atoms with E-state index < -0.39 is 28.9 Å². The third kappa shape index (κ3) is 5.04. The molecule has 2 rings (SSSR count). The Balaban J connectivity index is 2.24. The van der Waals surface area contributed by atoms with Crippen molar-refractivity contribution >= 4 is 17.5 Å². The first kappa shape index (κ1) is 20.8. The number of nitro benzene ring substituents is 1. The summed E-state index contributed by atoms with van der Waals surface area (Å²) in [4.78, 5) is 35.0. The molecule has 2 atom stereocenters. The fraction of sp³-hybridized carbons (Fsp3) is 0.263. The second-order valence-electron chi connectivity index (χ2n) is 5.95. The van der Waals surface area contributed by atoms with Gasteiger partial charge in [0.1, 0.15) is 11.8 Å². The van der Waals surface area contributed by atoms with E-state index in [2.05, 4.69) is 5.32 Å². The highest BCUT2D eigenvalue weighted by molar-refractivity contribution is 5.89. The van der Waals surface area contributed by atoms with E-state index in [1.165, 1.54) is 32.4 Å². The fourth-order valence-corrected chi connectivity index (χ4v) is 2.75. The van der Waals surface area contributed by atoms with Gasteiger partial charge in [0.2, 0.25) is 5.91 Å². The van der Waals surface area contributed by atoms with E-state index in [0.717, 1.165) is 0 Å². The Labute approximate surface area is 161 Å². The molecule has 0 saturated heterocycles. The van der Waals surface area contributed by atoms with Gasteiger partial charge in [0.15, 0.2) is 6.10 Å². The number of benzene rings is 2. The first-order chi connectivity index (χ1) is 13.4. The summed E-state index contributed by atoms with van der Waals surface area (Å²) in [5, 5.41) is 13.6. The molecule has 0 unspecified atom stereocenters. The van der Waals surface area contributed by atoms with Crippen LogP contribution in [-0.2, 0) is 20.7 Å². The maximum atomic E-state index is 12.6. The van der Waals surface area contributed by atoms with Gasteiger partial charge in [-0.3, -0.25) is 19.7 Å². The van der Waals surface area contributed by atoms with Crippen LogP contribution in [0.2, 0.25) is 0 Å². The first-order valence-corrected chi connectivity index (χ1v) is 8.36. The Morgan fingerprint density at radius 2 is 1.86 bits per heavy atom. The van der Waals surface area contributed by atoms with Crippen molar-refractivity contribution in [1.82, 2.24) is 5.32 Å². The normalized spacial score (nSPS) is 12.6. The molecule has 0 spiro atoms. The van der Waals surface area contributed by atoms with Crippen molar-refractivity contribution in [2.45, 2.75) is 18.6 Å². The van der Waals surface area contributed by atoms with Crippen LogP contribution in [0.5, 0.6) is 5.75 Å². The van der Waals surface area contributed by atoms with Crippen molar-refractivity contribution in [3.05, 3.63) is 69.8 Å². The molecule has 0 aliphatic rings. The monoisotopic (exact) mass is 387 g/mol. The summed E-state index contributed by atoms with van der Waals surface area (Å²) in [5.41, 5.74) is 6.25. The summed E-state index contributed by atoms with van der Waals surface area (Å²) in [6.07, 6.45) is -1.01. The standard InChI is InChI=1S/C19H21N3O6/c1-27-16-9-8-14(22(25)26)10-13(16)11-15(18(20)23)21-19(24)17(28-2)12-6-4-3-5-7-12/h3-10,15,17H,11H2,1-2H3,(H2,20,23)(H,21,24)/t15-,17+/m0/s1. The number of rotatable bonds is 9. The Kier molecular flexibility index (Phi) is 7.05. The highest BCUT2D eigenvalue weighted by Gasteiger charge is 2.27. The van der Waals surface area contributed by atoms with E-state index in [1.807, 2.05) is 0 Å². The molecule has 0 heterocycles. The van der Waals surface area contributed by atoms with E-state index in [-0.39, 0.29) is 12.1 Å². The number of nitrogens with zero attached hydrogens (tertiary/aromatic N) is 1. The molecule has 2 aromatic carbocycles. The molecule has 0 aromatic heterocycles. The van der Waals surface area contributed by atoms with E-state index in [9.17, 15) is 19.7 Å². The van der Waals surface area contributed by atoms with Gasteiger partial charge >= 0.3 is 0 Å². The molecule has 3 N–H and O–H groups in total. The maximum Gasteiger partial charge on any atom is 0.269 e. The minimum atomic E-state index is -1.11. The molecule has 0 radical (unpaired) electrons. The van der Waals surface area contributed by atoms with E-state index in [1.54, 1.807) is 30.3 Å². The molecule has 28 heavy (non-hydrogen) atoms. The molecule has 0 saturated carbocycles. The van der Waals surface area contributed by atoms with Crippen molar-refractivity contribution < 1.29 is 24.0 Å². The Morgan fingerprint density at radius 3 is 2.39 bits per heavy atom. The van der Waals surface area contributed by atoms with E-state index >= 15 is 0 Å². The largest absolute Gasteiger partial charge is 0.496 e. The fourth-order valence-electron chi connectivity index (χ4n) is 2.75. The highest BCUT2D eigenvalue weighted by Crippen LogP contribution is 2.25. The molecule has 148 valence electrons. The number of carbonyl (C=O) groups is 2. The van der Waals surface area contributed by atoms with Gasteiger partial charge in [-0.1, -0.05) is 30.3 Å². The summed E-state index contributed by atoms with van der Waals surface area (Å²) in [5.74, 6) is -0.996. The van der Waals surface area contributed by atoms with Crippen LogP contribution in [0.1, 0.15) is 17.2 Å². The van der Waals surface area contributed by atoms with Crippen molar-refractivity contribution in [3.8, 4) is 5.75 Å². The predicted octanol–water partition coefficient (Wildman–Crippen LogP) is 1.50. The van der Waals surface area contributed by atoms with E-state index in [4.69, 9.17) is 15.2 Å². The molecular formula is C19H21N3O6. The molecule has 0 aliphatic carbocycles. The Hall–Kier alpha value is -3.46. The molecule has 2 aromatic rings.